The molecule has 1 amide bonds. The lowest BCUT2D eigenvalue weighted by molar-refractivity contribution is -0.144. The van der Waals surface area contributed by atoms with Crippen LogP contribution in [-0.4, -0.2) is 29.6 Å². The van der Waals surface area contributed by atoms with Crippen LogP contribution in [0.1, 0.15) is 21.5 Å². The maximum Gasteiger partial charge on any atom is 0.346 e. The Morgan fingerprint density at radius 1 is 1.17 bits per heavy atom. The van der Waals surface area contributed by atoms with E-state index in [-0.39, 0.29) is 12.5 Å². The van der Waals surface area contributed by atoms with Crippen LogP contribution in [0.5, 0.6) is 5.75 Å². The molecule has 1 aliphatic rings. The first-order valence-corrected chi connectivity index (χ1v) is 7.35. The molecule has 3 rings (SSSR count). The number of benzene rings is 2. The van der Waals surface area contributed by atoms with E-state index in [4.69, 9.17) is 4.74 Å². The van der Waals surface area contributed by atoms with E-state index < -0.39 is 12.1 Å². The standard InChI is InChI=1S/C18H17NO4/c1-11-7-8-12(2)13(9-11)17(20)19-10-16(18(21)22)23-15-6-4-3-5-14(15)19/h3-9,16H,10H2,1-2H3,(H,21,22)/t16-/m0/s1. The van der Waals surface area contributed by atoms with Crippen molar-refractivity contribution in [1.29, 1.82) is 0 Å². The van der Waals surface area contributed by atoms with Gasteiger partial charge in [0.1, 0.15) is 5.75 Å². The molecular formula is C18H17NO4. The third kappa shape index (κ3) is 2.77. The topological polar surface area (TPSA) is 66.8 Å². The summed E-state index contributed by atoms with van der Waals surface area (Å²) in [7, 11) is 0. The van der Waals surface area contributed by atoms with Crippen molar-refractivity contribution in [3.63, 3.8) is 0 Å². The third-order valence-corrected chi connectivity index (χ3v) is 3.92. The Morgan fingerprint density at radius 3 is 2.65 bits per heavy atom. The molecule has 1 aliphatic heterocycles. The van der Waals surface area contributed by atoms with E-state index >= 15 is 0 Å². The van der Waals surface area contributed by atoms with Crippen molar-refractivity contribution in [3.8, 4) is 5.75 Å². The first kappa shape index (κ1) is 15.1. The van der Waals surface area contributed by atoms with Gasteiger partial charge in [0.25, 0.3) is 5.91 Å². The van der Waals surface area contributed by atoms with Gasteiger partial charge >= 0.3 is 5.97 Å². The summed E-state index contributed by atoms with van der Waals surface area (Å²) in [6, 6.07) is 12.6. The Hall–Kier alpha value is -2.82. The van der Waals surface area contributed by atoms with Crippen LogP contribution in [0.4, 0.5) is 5.69 Å². The molecule has 0 saturated heterocycles. The van der Waals surface area contributed by atoms with Gasteiger partial charge in [-0.05, 0) is 37.6 Å². The molecule has 0 aliphatic carbocycles. The molecule has 0 fully saturated rings. The lowest BCUT2D eigenvalue weighted by atomic mass is 10.0. The number of hydrogen-bond donors (Lipinski definition) is 1. The largest absolute Gasteiger partial charge is 0.478 e. The molecule has 0 bridgehead atoms. The minimum Gasteiger partial charge on any atom is -0.478 e. The molecule has 1 atom stereocenters. The average molecular weight is 311 g/mol. The molecule has 0 spiro atoms. The Labute approximate surface area is 134 Å². The van der Waals surface area contributed by atoms with Gasteiger partial charge in [-0.15, -0.1) is 0 Å². The van der Waals surface area contributed by atoms with Crippen molar-refractivity contribution < 1.29 is 19.4 Å². The van der Waals surface area contributed by atoms with Gasteiger partial charge < -0.3 is 14.7 Å². The van der Waals surface area contributed by atoms with Gasteiger partial charge in [-0.1, -0.05) is 29.8 Å². The summed E-state index contributed by atoms with van der Waals surface area (Å²) in [4.78, 5) is 25.8. The molecule has 1 heterocycles. The molecule has 0 radical (unpaired) electrons. The first-order valence-electron chi connectivity index (χ1n) is 7.35. The number of carboxylic acids is 1. The lowest BCUT2D eigenvalue weighted by Gasteiger charge is -2.33. The van der Waals surface area contributed by atoms with Crippen molar-refractivity contribution in [2.75, 3.05) is 11.4 Å². The third-order valence-electron chi connectivity index (χ3n) is 3.92. The van der Waals surface area contributed by atoms with Crippen molar-refractivity contribution >= 4 is 17.6 Å². The predicted octanol–water partition coefficient (Wildman–Crippen LogP) is 2.80. The van der Waals surface area contributed by atoms with Gasteiger partial charge in [-0.25, -0.2) is 4.79 Å². The normalized spacial score (nSPS) is 16.4. The second kappa shape index (κ2) is 5.76. The van der Waals surface area contributed by atoms with Gasteiger partial charge in [0.2, 0.25) is 6.10 Å². The number of carbonyl (C=O) groups is 2. The van der Waals surface area contributed by atoms with E-state index in [1.807, 2.05) is 32.0 Å². The fourth-order valence-electron chi connectivity index (χ4n) is 2.67. The van der Waals surface area contributed by atoms with Gasteiger partial charge in [0.15, 0.2) is 0 Å². The summed E-state index contributed by atoms with van der Waals surface area (Å²) in [5.74, 6) is -0.892. The average Bonchev–Trinajstić information content (AvgIpc) is 2.55. The molecule has 1 N–H and O–H groups in total. The number of nitrogens with zero attached hydrogens (tertiary/aromatic N) is 1. The van der Waals surface area contributed by atoms with Crippen LogP contribution in [0.2, 0.25) is 0 Å². The molecule has 2 aromatic rings. The Kier molecular flexibility index (Phi) is 3.78. The van der Waals surface area contributed by atoms with Gasteiger partial charge in [0.05, 0.1) is 12.2 Å². The van der Waals surface area contributed by atoms with E-state index in [0.717, 1.165) is 11.1 Å². The summed E-state index contributed by atoms with van der Waals surface area (Å²) < 4.78 is 5.47. The Morgan fingerprint density at radius 2 is 1.91 bits per heavy atom. The van der Waals surface area contributed by atoms with Gasteiger partial charge in [0, 0.05) is 5.56 Å². The Balaban J connectivity index is 2.05. The highest BCUT2D eigenvalue weighted by Gasteiger charge is 2.34. The molecule has 2 aromatic carbocycles. The van der Waals surface area contributed by atoms with Crippen molar-refractivity contribution in [2.24, 2.45) is 0 Å². The number of aryl methyl sites for hydroxylation is 2. The van der Waals surface area contributed by atoms with Crippen LogP contribution in [0, 0.1) is 13.8 Å². The number of hydrogen-bond acceptors (Lipinski definition) is 3. The number of para-hydroxylation sites is 2. The quantitative estimate of drug-likeness (QED) is 0.926. The number of rotatable bonds is 2. The summed E-state index contributed by atoms with van der Waals surface area (Å²) in [5.41, 5.74) is 3.01. The summed E-state index contributed by atoms with van der Waals surface area (Å²) >= 11 is 0. The molecule has 0 unspecified atom stereocenters. The molecule has 118 valence electrons. The predicted molar refractivity (Wildman–Crippen MR) is 86.1 cm³/mol. The van der Waals surface area contributed by atoms with E-state index in [9.17, 15) is 14.7 Å². The maximum atomic E-state index is 13.0. The number of carbonyl (C=O) groups excluding carboxylic acids is 1. The SMILES string of the molecule is Cc1ccc(C)c(C(=O)N2C[C@@H](C(=O)O)Oc3ccccc32)c1. The zero-order chi connectivity index (χ0) is 16.6. The van der Waals surface area contributed by atoms with Crippen LogP contribution in [-0.2, 0) is 4.79 Å². The maximum absolute atomic E-state index is 13.0. The number of amides is 1. The molecule has 5 heteroatoms. The summed E-state index contributed by atoms with van der Waals surface area (Å²) in [6.07, 6.45) is -1.07. The van der Waals surface area contributed by atoms with Gasteiger partial charge in [-0.3, -0.25) is 4.79 Å². The lowest BCUT2D eigenvalue weighted by Crippen LogP contribution is -2.47. The van der Waals surface area contributed by atoms with E-state index in [1.165, 1.54) is 4.90 Å². The minimum absolute atomic E-state index is 0.0153. The second-order valence-corrected chi connectivity index (χ2v) is 5.65. The number of anilines is 1. The molecule has 23 heavy (non-hydrogen) atoms. The van der Waals surface area contributed by atoms with Crippen LogP contribution in [0.3, 0.4) is 0 Å². The molecular weight excluding hydrogens is 294 g/mol. The fraction of sp³-hybridized carbons (Fsp3) is 0.222. The monoisotopic (exact) mass is 311 g/mol. The van der Waals surface area contributed by atoms with Crippen molar-refractivity contribution in [3.05, 3.63) is 59.2 Å². The van der Waals surface area contributed by atoms with Crippen LogP contribution in [0.25, 0.3) is 0 Å². The highest BCUT2D eigenvalue weighted by atomic mass is 16.5. The summed E-state index contributed by atoms with van der Waals surface area (Å²) in [6.45, 7) is 3.77. The van der Waals surface area contributed by atoms with E-state index in [2.05, 4.69) is 0 Å². The zero-order valence-electron chi connectivity index (χ0n) is 12.9. The first-order chi connectivity index (χ1) is 11.0. The van der Waals surface area contributed by atoms with E-state index in [1.54, 1.807) is 24.3 Å². The van der Waals surface area contributed by atoms with Crippen LogP contribution in [0.15, 0.2) is 42.5 Å². The molecule has 0 saturated carbocycles. The number of fused-ring (bicyclic) bond motifs is 1. The number of ether oxygens (including phenoxy) is 1. The smallest absolute Gasteiger partial charge is 0.346 e. The van der Waals surface area contributed by atoms with Crippen molar-refractivity contribution in [2.45, 2.75) is 20.0 Å². The van der Waals surface area contributed by atoms with Crippen LogP contribution >= 0.6 is 0 Å². The molecule has 0 aromatic heterocycles. The number of carboxylic acid groups (broad SMARTS) is 1. The second-order valence-electron chi connectivity index (χ2n) is 5.65. The highest BCUT2D eigenvalue weighted by Crippen LogP contribution is 2.34. The zero-order valence-corrected chi connectivity index (χ0v) is 12.9. The molecule has 5 nitrogen and oxygen atoms in total. The van der Waals surface area contributed by atoms with E-state index in [0.29, 0.717) is 17.0 Å². The van der Waals surface area contributed by atoms with Gasteiger partial charge in [-0.2, -0.15) is 0 Å². The van der Waals surface area contributed by atoms with Crippen molar-refractivity contribution in [1.82, 2.24) is 0 Å². The fourth-order valence-corrected chi connectivity index (χ4v) is 2.67. The minimum atomic E-state index is -1.08. The van der Waals surface area contributed by atoms with Crippen LogP contribution < -0.4 is 9.64 Å². The summed E-state index contributed by atoms with van der Waals surface area (Å²) in [5, 5.41) is 9.27. The highest BCUT2D eigenvalue weighted by molar-refractivity contribution is 6.08. The number of aliphatic carboxylic acids is 1. The Bertz CT molecular complexity index is 784.